The summed E-state index contributed by atoms with van der Waals surface area (Å²) in [7, 11) is 0. The lowest BCUT2D eigenvalue weighted by Crippen LogP contribution is -2.43. The van der Waals surface area contributed by atoms with Gasteiger partial charge in [-0.25, -0.2) is 0 Å². The quantitative estimate of drug-likeness (QED) is 0.800. The summed E-state index contributed by atoms with van der Waals surface area (Å²) in [4.78, 5) is 0. The van der Waals surface area contributed by atoms with E-state index < -0.39 is 0 Å². The van der Waals surface area contributed by atoms with Crippen LogP contribution in [0.2, 0.25) is 0 Å². The number of fused-ring (bicyclic) bond motifs is 5. The van der Waals surface area contributed by atoms with Gasteiger partial charge in [-0.1, -0.05) is 26.0 Å². The first kappa shape index (κ1) is 16.2. The molecule has 24 heavy (non-hydrogen) atoms. The summed E-state index contributed by atoms with van der Waals surface area (Å²) in [5, 5.41) is 20.8. The van der Waals surface area contributed by atoms with E-state index in [1.807, 2.05) is 6.07 Å². The van der Waals surface area contributed by atoms with Gasteiger partial charge >= 0.3 is 0 Å². The average Bonchev–Trinajstić information content (AvgIpc) is 2.88. The zero-order chi connectivity index (χ0) is 16.9. The molecule has 0 spiro atoms. The molecule has 2 nitrogen and oxygen atoms in total. The third-order valence-electron chi connectivity index (χ3n) is 7.36. The van der Waals surface area contributed by atoms with Crippen LogP contribution < -0.4 is 0 Å². The Morgan fingerprint density at radius 2 is 2.04 bits per heavy atom. The van der Waals surface area contributed by atoms with Crippen LogP contribution in [0.25, 0.3) is 6.08 Å². The molecule has 0 saturated heterocycles. The highest BCUT2D eigenvalue weighted by atomic mass is 16.3. The first-order chi connectivity index (χ1) is 11.5. The number of hydrogen-bond donors (Lipinski definition) is 2. The van der Waals surface area contributed by atoms with Crippen molar-refractivity contribution >= 4 is 6.08 Å². The fourth-order valence-corrected chi connectivity index (χ4v) is 5.98. The monoisotopic (exact) mass is 326 g/mol. The van der Waals surface area contributed by atoms with Gasteiger partial charge in [0.2, 0.25) is 0 Å². The van der Waals surface area contributed by atoms with Crippen LogP contribution in [0.3, 0.4) is 0 Å². The number of rotatable bonds is 2. The Labute approximate surface area is 145 Å². The van der Waals surface area contributed by atoms with Crippen LogP contribution in [-0.2, 0) is 6.42 Å². The van der Waals surface area contributed by atoms with Gasteiger partial charge in [0.25, 0.3) is 0 Å². The molecule has 3 aliphatic rings. The van der Waals surface area contributed by atoms with Crippen molar-refractivity contribution in [2.75, 3.05) is 0 Å². The van der Waals surface area contributed by atoms with E-state index in [9.17, 15) is 10.2 Å². The molecule has 5 atom stereocenters. The largest absolute Gasteiger partial charge is 0.507 e. The van der Waals surface area contributed by atoms with Crippen LogP contribution in [0.1, 0.15) is 75.0 Å². The fourth-order valence-electron chi connectivity index (χ4n) is 5.98. The highest BCUT2D eigenvalue weighted by molar-refractivity contribution is 5.60. The van der Waals surface area contributed by atoms with E-state index >= 15 is 0 Å². The van der Waals surface area contributed by atoms with Gasteiger partial charge in [-0.2, -0.15) is 0 Å². The number of aliphatic hydroxyl groups is 1. The second-order valence-corrected chi connectivity index (χ2v) is 8.47. The van der Waals surface area contributed by atoms with Crippen LogP contribution in [-0.4, -0.2) is 16.3 Å². The molecule has 0 amide bonds. The van der Waals surface area contributed by atoms with Gasteiger partial charge in [-0.15, -0.1) is 0 Å². The van der Waals surface area contributed by atoms with Gasteiger partial charge in [0.1, 0.15) is 5.75 Å². The molecule has 0 aromatic heterocycles. The average molecular weight is 326 g/mol. The summed E-state index contributed by atoms with van der Waals surface area (Å²) < 4.78 is 0. The minimum atomic E-state index is -0.104. The molecule has 0 bridgehead atoms. The normalized spacial score (nSPS) is 38.0. The second kappa shape index (κ2) is 5.91. The zero-order valence-electron chi connectivity index (χ0n) is 15.0. The predicted octanol–water partition coefficient (Wildman–Crippen LogP) is 5.03. The standard InChI is InChI=1S/C22H30O2/c1-3-4-5-15-12-18-14(13-20(15)23)6-7-17-16(18)10-11-22(2)19(17)8-9-21(22)24/h4-5,12-13,16-17,19,21,23-24H,3,6-11H2,1-2H3/b5-4+. The predicted molar refractivity (Wildman–Crippen MR) is 98.1 cm³/mol. The highest BCUT2D eigenvalue weighted by Crippen LogP contribution is 2.61. The first-order valence-electron chi connectivity index (χ1n) is 9.75. The van der Waals surface area contributed by atoms with Crippen molar-refractivity contribution in [2.45, 2.75) is 70.8 Å². The molecule has 5 unspecified atom stereocenters. The van der Waals surface area contributed by atoms with Crippen molar-refractivity contribution in [3.05, 3.63) is 34.9 Å². The number of aryl methyl sites for hydroxylation is 1. The number of aliphatic hydroxyl groups excluding tert-OH is 1. The number of aromatic hydroxyl groups is 1. The summed E-state index contributed by atoms with van der Waals surface area (Å²) in [6.07, 6.45) is 11.8. The van der Waals surface area contributed by atoms with E-state index in [2.05, 4.69) is 32.1 Å². The summed E-state index contributed by atoms with van der Waals surface area (Å²) in [5.74, 6) is 2.42. The maximum Gasteiger partial charge on any atom is 0.123 e. The van der Waals surface area contributed by atoms with E-state index in [4.69, 9.17) is 0 Å². The SMILES string of the molecule is CC/C=C/c1cc2c(cc1O)CCC1C2CCC2(C)C(O)CCC12. The molecule has 2 N–H and O–H groups in total. The highest BCUT2D eigenvalue weighted by Gasteiger charge is 2.54. The summed E-state index contributed by atoms with van der Waals surface area (Å²) in [6, 6.07) is 4.26. The van der Waals surface area contributed by atoms with Crippen molar-refractivity contribution in [3.8, 4) is 5.75 Å². The van der Waals surface area contributed by atoms with Gasteiger partial charge in [0.15, 0.2) is 0 Å². The lowest BCUT2D eigenvalue weighted by molar-refractivity contribution is -0.0226. The number of hydrogen-bond acceptors (Lipinski definition) is 2. The topological polar surface area (TPSA) is 40.5 Å². The van der Waals surface area contributed by atoms with Crippen molar-refractivity contribution in [1.29, 1.82) is 0 Å². The van der Waals surface area contributed by atoms with E-state index in [1.165, 1.54) is 30.4 Å². The Morgan fingerprint density at radius 1 is 1.21 bits per heavy atom. The molecule has 4 rings (SSSR count). The van der Waals surface area contributed by atoms with Crippen molar-refractivity contribution in [3.63, 3.8) is 0 Å². The Morgan fingerprint density at radius 3 is 2.83 bits per heavy atom. The summed E-state index contributed by atoms with van der Waals surface area (Å²) in [5.41, 5.74) is 3.93. The molecule has 0 radical (unpaired) electrons. The molecule has 2 saturated carbocycles. The molecular formula is C22H30O2. The van der Waals surface area contributed by atoms with Crippen molar-refractivity contribution < 1.29 is 10.2 Å². The lowest BCUT2D eigenvalue weighted by atomic mass is 9.55. The minimum Gasteiger partial charge on any atom is -0.507 e. The number of benzene rings is 1. The molecule has 1 aromatic carbocycles. The molecule has 2 heteroatoms. The molecule has 130 valence electrons. The molecule has 3 aliphatic carbocycles. The van der Waals surface area contributed by atoms with E-state index in [1.54, 1.807) is 0 Å². The maximum atomic E-state index is 10.5. The first-order valence-corrected chi connectivity index (χ1v) is 9.75. The molecular weight excluding hydrogens is 296 g/mol. The third-order valence-corrected chi connectivity index (χ3v) is 7.36. The van der Waals surface area contributed by atoms with Crippen molar-refractivity contribution in [1.82, 2.24) is 0 Å². The number of phenolic OH excluding ortho intramolecular Hbond substituents is 1. The number of phenols is 1. The van der Waals surface area contributed by atoms with Gasteiger partial charge in [0.05, 0.1) is 6.10 Å². The minimum absolute atomic E-state index is 0.104. The fraction of sp³-hybridized carbons (Fsp3) is 0.636. The summed E-state index contributed by atoms with van der Waals surface area (Å²) >= 11 is 0. The van der Waals surface area contributed by atoms with Crippen LogP contribution in [0.15, 0.2) is 18.2 Å². The summed E-state index contributed by atoms with van der Waals surface area (Å²) in [6.45, 7) is 4.45. The number of allylic oxidation sites excluding steroid dienone is 1. The molecule has 0 heterocycles. The second-order valence-electron chi connectivity index (χ2n) is 8.47. The van der Waals surface area contributed by atoms with Gasteiger partial charge in [-0.3, -0.25) is 0 Å². The Kier molecular flexibility index (Phi) is 3.99. The third kappa shape index (κ3) is 2.34. The molecule has 1 aromatic rings. The van der Waals surface area contributed by atoms with E-state index in [0.717, 1.165) is 31.2 Å². The Hall–Kier alpha value is -1.28. The molecule has 0 aliphatic heterocycles. The van der Waals surface area contributed by atoms with E-state index in [-0.39, 0.29) is 11.5 Å². The smallest absolute Gasteiger partial charge is 0.123 e. The lowest BCUT2D eigenvalue weighted by Gasteiger charge is -2.50. The van der Waals surface area contributed by atoms with Crippen LogP contribution >= 0.6 is 0 Å². The zero-order valence-corrected chi connectivity index (χ0v) is 15.0. The van der Waals surface area contributed by atoms with Crippen LogP contribution in [0.4, 0.5) is 0 Å². The van der Waals surface area contributed by atoms with Gasteiger partial charge in [-0.05, 0) is 91.4 Å². The van der Waals surface area contributed by atoms with Gasteiger partial charge in [0, 0.05) is 5.56 Å². The Bertz CT molecular complexity index is 662. The Balaban J connectivity index is 1.70. The van der Waals surface area contributed by atoms with Gasteiger partial charge < -0.3 is 10.2 Å². The molecule has 2 fully saturated rings. The van der Waals surface area contributed by atoms with E-state index in [0.29, 0.717) is 23.5 Å². The van der Waals surface area contributed by atoms with Crippen LogP contribution in [0, 0.1) is 17.3 Å². The van der Waals surface area contributed by atoms with Crippen LogP contribution in [0.5, 0.6) is 5.75 Å². The maximum absolute atomic E-state index is 10.5. The van der Waals surface area contributed by atoms with Crippen molar-refractivity contribution in [2.24, 2.45) is 17.3 Å².